The summed E-state index contributed by atoms with van der Waals surface area (Å²) in [6, 6.07) is 2.78. The van der Waals surface area contributed by atoms with Gasteiger partial charge in [0.1, 0.15) is 6.04 Å². The molecule has 10 heteroatoms. The zero-order valence-electron chi connectivity index (χ0n) is 15.9. The average Bonchev–Trinajstić information content (AvgIpc) is 2.96. The number of likely N-dealkylation sites (tertiary alicyclic amines) is 1. The molecule has 1 aliphatic heterocycles. The van der Waals surface area contributed by atoms with Crippen molar-refractivity contribution in [1.82, 2.24) is 4.90 Å². The number of benzene rings is 1. The van der Waals surface area contributed by atoms with Crippen LogP contribution in [0, 0.1) is 11.8 Å². The van der Waals surface area contributed by atoms with E-state index in [-0.39, 0.29) is 5.69 Å². The van der Waals surface area contributed by atoms with E-state index in [0.29, 0.717) is 12.8 Å². The monoisotopic (exact) mass is 424 g/mol. The second-order valence-corrected chi connectivity index (χ2v) is 7.11. The number of nitrogens with one attached hydrogen (secondary N) is 1. The number of carbonyl (C=O) groups excluding carboxylic acids is 4. The second-order valence-electron chi connectivity index (χ2n) is 7.11. The highest BCUT2D eigenvalue weighted by atomic mass is 19.4. The van der Waals surface area contributed by atoms with Crippen molar-refractivity contribution in [3.05, 3.63) is 42.0 Å². The Morgan fingerprint density at radius 1 is 1.17 bits per heavy atom. The lowest BCUT2D eigenvalue weighted by atomic mass is 9.85. The minimum absolute atomic E-state index is 0.111. The van der Waals surface area contributed by atoms with Gasteiger partial charge in [-0.25, -0.2) is 4.79 Å². The molecule has 1 heterocycles. The first-order chi connectivity index (χ1) is 14.1. The van der Waals surface area contributed by atoms with Gasteiger partial charge in [0.2, 0.25) is 11.8 Å². The first-order valence-corrected chi connectivity index (χ1v) is 9.25. The van der Waals surface area contributed by atoms with Gasteiger partial charge in [0.15, 0.2) is 6.61 Å². The van der Waals surface area contributed by atoms with Gasteiger partial charge in [-0.1, -0.05) is 18.2 Å². The molecule has 2 aliphatic rings. The van der Waals surface area contributed by atoms with Gasteiger partial charge >= 0.3 is 12.1 Å². The first kappa shape index (κ1) is 21.5. The summed E-state index contributed by atoms with van der Waals surface area (Å²) >= 11 is 0. The van der Waals surface area contributed by atoms with Crippen LogP contribution in [-0.2, 0) is 30.1 Å². The molecule has 0 spiro atoms. The molecular formula is C20H19F3N2O5. The van der Waals surface area contributed by atoms with Gasteiger partial charge in [-0.2, -0.15) is 13.2 Å². The number of rotatable bonds is 5. The third-order valence-electron chi connectivity index (χ3n) is 5.09. The van der Waals surface area contributed by atoms with Crippen LogP contribution in [0.4, 0.5) is 18.9 Å². The van der Waals surface area contributed by atoms with Crippen LogP contribution in [-0.4, -0.2) is 41.2 Å². The lowest BCUT2D eigenvalue weighted by Gasteiger charge is -2.21. The Labute approximate surface area is 169 Å². The summed E-state index contributed by atoms with van der Waals surface area (Å²) in [5, 5.41) is 2.20. The maximum Gasteiger partial charge on any atom is 0.416 e. The van der Waals surface area contributed by atoms with Crippen LogP contribution in [0.5, 0.6) is 0 Å². The molecule has 1 fully saturated rings. The number of carbonyl (C=O) groups is 4. The Balaban J connectivity index is 1.56. The molecule has 0 saturated carbocycles. The summed E-state index contributed by atoms with van der Waals surface area (Å²) in [5.41, 5.74) is -1.05. The van der Waals surface area contributed by atoms with Crippen LogP contribution in [0.2, 0.25) is 0 Å². The highest BCUT2D eigenvalue weighted by molar-refractivity contribution is 6.08. The van der Waals surface area contributed by atoms with Crippen LogP contribution >= 0.6 is 0 Å². The van der Waals surface area contributed by atoms with Gasteiger partial charge in [0, 0.05) is 5.69 Å². The molecule has 1 aromatic carbocycles. The maximum atomic E-state index is 12.7. The Hall–Kier alpha value is -3.17. The quantitative estimate of drug-likeness (QED) is 0.446. The number of fused-ring (bicyclic) bond motifs is 1. The molecule has 0 aromatic heterocycles. The Bertz CT molecular complexity index is 886. The van der Waals surface area contributed by atoms with Crippen LogP contribution in [0.25, 0.3) is 0 Å². The van der Waals surface area contributed by atoms with Gasteiger partial charge in [-0.05, 0) is 38.0 Å². The Kier molecular flexibility index (Phi) is 5.95. The lowest BCUT2D eigenvalue weighted by molar-refractivity contribution is -0.159. The summed E-state index contributed by atoms with van der Waals surface area (Å²) < 4.78 is 43.0. The highest BCUT2D eigenvalue weighted by Crippen LogP contribution is 2.36. The van der Waals surface area contributed by atoms with Crippen molar-refractivity contribution in [1.29, 1.82) is 0 Å². The highest BCUT2D eigenvalue weighted by Gasteiger charge is 2.50. The fraction of sp³-hybridized carbons (Fsp3) is 0.400. The molecule has 3 rings (SSSR count). The fourth-order valence-corrected chi connectivity index (χ4v) is 3.54. The summed E-state index contributed by atoms with van der Waals surface area (Å²) in [6.07, 6.45) is -0.0855. The van der Waals surface area contributed by atoms with E-state index in [1.54, 1.807) is 0 Å². The normalized spacial score (nSPS) is 21.9. The summed E-state index contributed by atoms with van der Waals surface area (Å²) in [5.74, 6) is -3.71. The molecule has 30 heavy (non-hydrogen) atoms. The molecule has 1 aromatic rings. The average molecular weight is 424 g/mol. The molecule has 3 amide bonds. The third-order valence-corrected chi connectivity index (χ3v) is 5.09. The first-order valence-electron chi connectivity index (χ1n) is 9.25. The summed E-state index contributed by atoms with van der Waals surface area (Å²) in [6.45, 7) is 0.553. The predicted octanol–water partition coefficient (Wildman–Crippen LogP) is 2.53. The minimum Gasteiger partial charge on any atom is -0.454 e. The van der Waals surface area contributed by atoms with E-state index in [4.69, 9.17) is 4.74 Å². The number of nitrogens with zero attached hydrogens (tertiary/aromatic N) is 1. The van der Waals surface area contributed by atoms with E-state index in [0.717, 1.165) is 23.1 Å². The molecular weight excluding hydrogens is 405 g/mol. The summed E-state index contributed by atoms with van der Waals surface area (Å²) in [4.78, 5) is 50.0. The third kappa shape index (κ3) is 4.37. The van der Waals surface area contributed by atoms with E-state index in [9.17, 15) is 32.3 Å². The zero-order valence-corrected chi connectivity index (χ0v) is 15.9. The van der Waals surface area contributed by atoms with Gasteiger partial charge in [0.05, 0.1) is 17.4 Å². The topological polar surface area (TPSA) is 92.8 Å². The van der Waals surface area contributed by atoms with Crippen molar-refractivity contribution in [3.63, 3.8) is 0 Å². The predicted molar refractivity (Wildman–Crippen MR) is 97.7 cm³/mol. The van der Waals surface area contributed by atoms with Crippen LogP contribution in [0.3, 0.4) is 0 Å². The Morgan fingerprint density at radius 2 is 1.77 bits per heavy atom. The molecule has 0 unspecified atom stereocenters. The van der Waals surface area contributed by atoms with E-state index in [1.165, 1.54) is 13.0 Å². The maximum absolute atomic E-state index is 12.7. The molecule has 1 saturated heterocycles. The molecule has 7 nitrogen and oxygen atoms in total. The molecule has 160 valence electrons. The number of hydrogen-bond donors (Lipinski definition) is 1. The molecule has 1 N–H and O–H groups in total. The number of anilines is 1. The smallest absolute Gasteiger partial charge is 0.416 e. The van der Waals surface area contributed by atoms with Crippen LogP contribution < -0.4 is 5.32 Å². The van der Waals surface area contributed by atoms with Crippen molar-refractivity contribution < 1.29 is 37.1 Å². The number of ether oxygens (including phenoxy) is 1. The molecule has 1 aliphatic carbocycles. The zero-order chi connectivity index (χ0) is 22.1. The van der Waals surface area contributed by atoms with Gasteiger partial charge in [-0.3, -0.25) is 19.3 Å². The van der Waals surface area contributed by atoms with E-state index < -0.39 is 59.9 Å². The van der Waals surface area contributed by atoms with Crippen molar-refractivity contribution in [2.45, 2.75) is 32.0 Å². The van der Waals surface area contributed by atoms with Crippen molar-refractivity contribution >= 4 is 29.4 Å². The van der Waals surface area contributed by atoms with Crippen LogP contribution in [0.1, 0.15) is 25.3 Å². The number of esters is 1. The van der Waals surface area contributed by atoms with Gasteiger partial charge in [-0.15, -0.1) is 0 Å². The van der Waals surface area contributed by atoms with E-state index >= 15 is 0 Å². The number of imide groups is 1. The molecule has 0 bridgehead atoms. The number of hydrogen-bond acceptors (Lipinski definition) is 5. The molecule has 3 atom stereocenters. The number of alkyl halides is 3. The van der Waals surface area contributed by atoms with E-state index in [1.807, 2.05) is 12.2 Å². The lowest BCUT2D eigenvalue weighted by Crippen LogP contribution is -2.45. The largest absolute Gasteiger partial charge is 0.454 e. The van der Waals surface area contributed by atoms with Crippen molar-refractivity contribution in [3.8, 4) is 0 Å². The second kappa shape index (κ2) is 8.29. The van der Waals surface area contributed by atoms with Crippen molar-refractivity contribution in [2.75, 3.05) is 11.9 Å². The van der Waals surface area contributed by atoms with Gasteiger partial charge in [0.25, 0.3) is 5.91 Å². The Morgan fingerprint density at radius 3 is 2.33 bits per heavy atom. The SMILES string of the molecule is C[C@H](C(=O)OCC(=O)Nc1cccc(C(F)(F)F)c1)N1C(=O)[C@H]2CC=CC[C@@H]2C1=O. The molecule has 0 radical (unpaired) electrons. The van der Waals surface area contributed by atoms with Gasteiger partial charge < -0.3 is 10.1 Å². The standard InChI is InChI=1S/C20H19F3N2O5/c1-11(25-17(27)14-7-2-3-8-15(14)18(25)28)19(29)30-10-16(26)24-13-6-4-5-12(9-13)20(21,22)23/h2-6,9,11,14-15H,7-8,10H2,1H3,(H,24,26)/t11-,14+,15+/m1/s1. The fourth-order valence-electron chi connectivity index (χ4n) is 3.54. The number of halogens is 3. The number of amides is 3. The van der Waals surface area contributed by atoms with E-state index in [2.05, 4.69) is 5.32 Å². The summed E-state index contributed by atoms with van der Waals surface area (Å²) in [7, 11) is 0. The van der Waals surface area contributed by atoms with Crippen LogP contribution in [0.15, 0.2) is 36.4 Å². The number of allylic oxidation sites excluding steroid dienone is 2. The minimum atomic E-state index is -4.57. The van der Waals surface area contributed by atoms with Crippen molar-refractivity contribution in [2.24, 2.45) is 11.8 Å².